The van der Waals surface area contributed by atoms with Gasteiger partial charge in [-0.05, 0) is 43.2 Å². The van der Waals surface area contributed by atoms with Crippen molar-refractivity contribution in [3.63, 3.8) is 0 Å². The molecule has 0 spiro atoms. The van der Waals surface area contributed by atoms with Crippen molar-refractivity contribution in [2.24, 2.45) is 0 Å². The van der Waals surface area contributed by atoms with Crippen LogP contribution in [0, 0.1) is 13.8 Å². The quantitative estimate of drug-likeness (QED) is 0.865. The van der Waals surface area contributed by atoms with Crippen LogP contribution in [0.4, 0.5) is 10.5 Å². The number of benzene rings is 2. The molecular weight excluding hydrogens is 226 g/mol. The van der Waals surface area contributed by atoms with Crippen LogP contribution in [0.1, 0.15) is 11.1 Å². The van der Waals surface area contributed by atoms with Crippen LogP contribution < -0.4 is 10.1 Å². The summed E-state index contributed by atoms with van der Waals surface area (Å²) in [6.45, 7) is 3.87. The third kappa shape index (κ3) is 3.10. The molecule has 2 rings (SSSR count). The summed E-state index contributed by atoms with van der Waals surface area (Å²) >= 11 is 0. The average Bonchev–Trinajstić information content (AvgIpc) is 2.35. The zero-order chi connectivity index (χ0) is 13.0. The Morgan fingerprint density at radius 1 is 1.06 bits per heavy atom. The summed E-state index contributed by atoms with van der Waals surface area (Å²) in [6.07, 6.45) is -0.477. The summed E-state index contributed by atoms with van der Waals surface area (Å²) in [4.78, 5) is 11.7. The Labute approximate surface area is 106 Å². The topological polar surface area (TPSA) is 38.3 Å². The highest BCUT2D eigenvalue weighted by atomic mass is 16.6. The number of para-hydroxylation sites is 1. The van der Waals surface area contributed by atoms with Gasteiger partial charge >= 0.3 is 6.09 Å². The average molecular weight is 241 g/mol. The lowest BCUT2D eigenvalue weighted by Gasteiger charge is -2.09. The molecule has 0 fully saturated rings. The molecule has 3 heteroatoms. The van der Waals surface area contributed by atoms with Crippen molar-refractivity contribution in [1.82, 2.24) is 0 Å². The van der Waals surface area contributed by atoms with Gasteiger partial charge in [0.1, 0.15) is 5.75 Å². The number of anilines is 1. The summed E-state index contributed by atoms with van der Waals surface area (Å²) in [5.74, 6) is 0.587. The molecule has 0 radical (unpaired) electrons. The van der Waals surface area contributed by atoms with Gasteiger partial charge in [0, 0.05) is 5.69 Å². The van der Waals surface area contributed by atoms with E-state index in [0.29, 0.717) is 11.4 Å². The Balaban J connectivity index is 2.05. The van der Waals surface area contributed by atoms with E-state index in [1.165, 1.54) is 0 Å². The van der Waals surface area contributed by atoms with E-state index in [0.717, 1.165) is 11.1 Å². The summed E-state index contributed by atoms with van der Waals surface area (Å²) in [7, 11) is 0. The number of aryl methyl sites for hydroxylation is 2. The second-order valence-electron chi connectivity index (χ2n) is 4.15. The molecule has 0 heterocycles. The first-order chi connectivity index (χ1) is 8.65. The van der Waals surface area contributed by atoms with Gasteiger partial charge in [0.25, 0.3) is 0 Å². The van der Waals surface area contributed by atoms with Gasteiger partial charge in [0.2, 0.25) is 0 Å². The van der Waals surface area contributed by atoms with E-state index >= 15 is 0 Å². The molecule has 0 aliphatic carbocycles. The molecule has 0 aliphatic rings. The first kappa shape index (κ1) is 12.2. The van der Waals surface area contributed by atoms with Gasteiger partial charge in [-0.3, -0.25) is 5.32 Å². The lowest BCUT2D eigenvalue weighted by Crippen LogP contribution is -2.17. The number of nitrogens with one attached hydrogen (secondary N) is 1. The van der Waals surface area contributed by atoms with Gasteiger partial charge in [0.05, 0.1) is 0 Å². The molecule has 92 valence electrons. The second-order valence-corrected chi connectivity index (χ2v) is 4.15. The highest BCUT2D eigenvalue weighted by molar-refractivity contribution is 5.86. The van der Waals surface area contributed by atoms with Gasteiger partial charge in [-0.25, -0.2) is 4.79 Å². The number of rotatable bonds is 2. The van der Waals surface area contributed by atoms with Crippen molar-refractivity contribution in [2.75, 3.05) is 5.32 Å². The van der Waals surface area contributed by atoms with Crippen LogP contribution in [0.3, 0.4) is 0 Å². The van der Waals surface area contributed by atoms with Crippen molar-refractivity contribution in [1.29, 1.82) is 0 Å². The van der Waals surface area contributed by atoms with Crippen LogP contribution >= 0.6 is 0 Å². The van der Waals surface area contributed by atoms with Crippen LogP contribution in [0.2, 0.25) is 0 Å². The third-order valence-corrected chi connectivity index (χ3v) is 2.57. The predicted molar refractivity (Wildman–Crippen MR) is 72.0 cm³/mol. The molecule has 0 unspecified atom stereocenters. The fraction of sp³-hybridized carbons (Fsp3) is 0.133. The Morgan fingerprint density at radius 2 is 1.78 bits per heavy atom. The van der Waals surface area contributed by atoms with Crippen LogP contribution in [-0.4, -0.2) is 6.09 Å². The SMILES string of the molecule is Cc1ccc(C)c(OC(=O)Nc2ccccc2)c1. The normalized spacial score (nSPS) is 9.89. The number of hydrogen-bond donors (Lipinski definition) is 1. The first-order valence-electron chi connectivity index (χ1n) is 5.76. The van der Waals surface area contributed by atoms with E-state index in [1.807, 2.05) is 62.4 Å². The Bertz CT molecular complexity index is 550. The van der Waals surface area contributed by atoms with E-state index in [9.17, 15) is 4.79 Å². The third-order valence-electron chi connectivity index (χ3n) is 2.57. The van der Waals surface area contributed by atoms with Crippen molar-refractivity contribution in [3.8, 4) is 5.75 Å². The molecule has 1 amide bonds. The molecule has 0 aromatic heterocycles. The van der Waals surface area contributed by atoms with E-state index in [1.54, 1.807) is 0 Å². The Hall–Kier alpha value is -2.29. The van der Waals surface area contributed by atoms with E-state index in [2.05, 4.69) is 5.32 Å². The maximum absolute atomic E-state index is 11.7. The maximum Gasteiger partial charge on any atom is 0.417 e. The lowest BCUT2D eigenvalue weighted by atomic mass is 10.1. The van der Waals surface area contributed by atoms with E-state index in [4.69, 9.17) is 4.74 Å². The molecular formula is C15H15NO2. The maximum atomic E-state index is 11.7. The minimum atomic E-state index is -0.477. The van der Waals surface area contributed by atoms with Crippen LogP contribution in [0.15, 0.2) is 48.5 Å². The fourth-order valence-electron chi connectivity index (χ4n) is 1.58. The summed E-state index contributed by atoms with van der Waals surface area (Å²) < 4.78 is 5.28. The second kappa shape index (κ2) is 5.36. The van der Waals surface area contributed by atoms with E-state index in [-0.39, 0.29) is 0 Å². The van der Waals surface area contributed by atoms with Gasteiger partial charge in [-0.15, -0.1) is 0 Å². The van der Waals surface area contributed by atoms with Gasteiger partial charge in [-0.2, -0.15) is 0 Å². The number of hydrogen-bond acceptors (Lipinski definition) is 2. The Morgan fingerprint density at radius 3 is 2.50 bits per heavy atom. The molecule has 0 aliphatic heterocycles. The number of amides is 1. The molecule has 2 aromatic rings. The number of carbonyl (C=O) groups is 1. The molecule has 18 heavy (non-hydrogen) atoms. The van der Waals surface area contributed by atoms with Crippen LogP contribution in [0.5, 0.6) is 5.75 Å². The summed E-state index contributed by atoms with van der Waals surface area (Å²) in [6, 6.07) is 15.0. The molecule has 1 N–H and O–H groups in total. The molecule has 0 atom stereocenters. The van der Waals surface area contributed by atoms with Crippen molar-refractivity contribution in [2.45, 2.75) is 13.8 Å². The first-order valence-corrected chi connectivity index (χ1v) is 5.76. The smallest absolute Gasteiger partial charge is 0.410 e. The molecule has 2 aromatic carbocycles. The van der Waals surface area contributed by atoms with Crippen LogP contribution in [0.25, 0.3) is 0 Å². The van der Waals surface area contributed by atoms with Crippen molar-refractivity contribution >= 4 is 11.8 Å². The zero-order valence-electron chi connectivity index (χ0n) is 10.4. The highest BCUT2D eigenvalue weighted by Crippen LogP contribution is 2.19. The fourth-order valence-corrected chi connectivity index (χ4v) is 1.58. The molecule has 3 nitrogen and oxygen atoms in total. The van der Waals surface area contributed by atoms with Gasteiger partial charge < -0.3 is 4.74 Å². The minimum absolute atomic E-state index is 0.477. The van der Waals surface area contributed by atoms with E-state index < -0.39 is 6.09 Å². The summed E-state index contributed by atoms with van der Waals surface area (Å²) in [5, 5.41) is 2.68. The molecule has 0 bridgehead atoms. The Kier molecular flexibility index (Phi) is 3.63. The zero-order valence-corrected chi connectivity index (χ0v) is 10.4. The largest absolute Gasteiger partial charge is 0.417 e. The predicted octanol–water partition coefficient (Wildman–Crippen LogP) is 3.91. The lowest BCUT2D eigenvalue weighted by molar-refractivity contribution is 0.215. The molecule has 0 saturated carbocycles. The number of ether oxygens (including phenoxy) is 1. The van der Waals surface area contributed by atoms with Crippen LogP contribution in [-0.2, 0) is 0 Å². The standard InChI is InChI=1S/C15H15NO2/c1-11-8-9-12(2)14(10-11)18-15(17)16-13-6-4-3-5-7-13/h3-10H,1-2H3,(H,16,17). The molecule has 0 saturated heterocycles. The highest BCUT2D eigenvalue weighted by Gasteiger charge is 2.07. The van der Waals surface area contributed by atoms with Gasteiger partial charge in [-0.1, -0.05) is 30.3 Å². The monoisotopic (exact) mass is 241 g/mol. The summed E-state index contributed by atoms with van der Waals surface area (Å²) in [5.41, 5.74) is 2.71. The van der Waals surface area contributed by atoms with Crippen molar-refractivity contribution < 1.29 is 9.53 Å². The van der Waals surface area contributed by atoms with Crippen molar-refractivity contribution in [3.05, 3.63) is 59.7 Å². The number of carbonyl (C=O) groups excluding carboxylic acids is 1. The minimum Gasteiger partial charge on any atom is -0.410 e. The van der Waals surface area contributed by atoms with Gasteiger partial charge in [0.15, 0.2) is 0 Å².